The number of hydrogen-bond donors (Lipinski definition) is 0. The summed E-state index contributed by atoms with van der Waals surface area (Å²) in [6.45, 7) is 7.47. The Morgan fingerprint density at radius 1 is 0.295 bits per heavy atom. The molecule has 13 aromatic rings. The van der Waals surface area contributed by atoms with E-state index in [1.54, 1.807) is 0 Å². The molecule has 280 valence electrons. The van der Waals surface area contributed by atoms with E-state index in [9.17, 15) is 0 Å². The molecule has 0 spiro atoms. The second-order valence-electron chi connectivity index (χ2n) is 16.2. The quantitative estimate of drug-likeness (QED) is 0.0723. The first-order valence-corrected chi connectivity index (χ1v) is 22.5. The summed E-state index contributed by atoms with van der Waals surface area (Å²) in [7, 11) is 0. The summed E-state index contributed by atoms with van der Waals surface area (Å²) in [5, 5.41) is 20.7. The van der Waals surface area contributed by atoms with Crippen molar-refractivity contribution in [3.63, 3.8) is 0 Å². The van der Waals surface area contributed by atoms with Crippen LogP contribution in [0.4, 0.5) is 5.69 Å². The molecule has 0 radical (unpaired) electrons. The van der Waals surface area contributed by atoms with Crippen molar-refractivity contribution >= 4 is 115 Å². The second kappa shape index (κ2) is 13.2. The molecule has 2 heteroatoms. The van der Waals surface area contributed by atoms with Crippen molar-refractivity contribution in [3.05, 3.63) is 212 Å². The Kier molecular flexibility index (Phi) is 7.45. The summed E-state index contributed by atoms with van der Waals surface area (Å²) in [5.41, 5.74) is 7.88. The maximum atomic E-state index is 7.47. The van der Waals surface area contributed by atoms with Gasteiger partial charge < -0.3 is 0 Å². The summed E-state index contributed by atoms with van der Waals surface area (Å²) in [6.07, 6.45) is 0. The van der Waals surface area contributed by atoms with E-state index in [1.165, 1.54) is 123 Å². The average Bonchev–Trinajstić information content (AvgIpc) is 3.70. The molecular formula is C59H33NSe. The first-order chi connectivity index (χ1) is 30.2. The second-order valence-corrected chi connectivity index (χ2v) is 18.5. The maximum absolute atomic E-state index is 7.47. The van der Waals surface area contributed by atoms with Gasteiger partial charge in [-0.2, -0.15) is 0 Å². The molecule has 12 aromatic carbocycles. The van der Waals surface area contributed by atoms with Crippen LogP contribution in [-0.2, 0) is 0 Å². The standard InChI is InChI=1S/C59H33NSe/c1-60-42-26-22-36(23-27-42)57-47-14-6-8-16-49(47)58(50-17-9-7-15-48(50)57)41-21-20-37-30-38(18-19-39(37)31-41)40-24-28-46-51(32-40)44-12-4-5-13-45(44)52-33-54-56(34-53(46)52)61-55-29-25-35-10-2-3-11-43(35)59(54)55/h2-34H. The molecule has 13 rings (SSSR count). The van der Waals surface area contributed by atoms with Crippen molar-refractivity contribution in [1.82, 2.24) is 0 Å². The fourth-order valence-corrected chi connectivity index (χ4v) is 12.6. The molecule has 0 saturated heterocycles. The third-order valence-electron chi connectivity index (χ3n) is 13.0. The topological polar surface area (TPSA) is 4.36 Å². The van der Waals surface area contributed by atoms with Crippen LogP contribution in [-0.4, -0.2) is 14.5 Å². The molecule has 61 heavy (non-hydrogen) atoms. The average molecular weight is 835 g/mol. The van der Waals surface area contributed by atoms with Crippen LogP contribution in [0.5, 0.6) is 0 Å². The van der Waals surface area contributed by atoms with Gasteiger partial charge in [0, 0.05) is 0 Å². The van der Waals surface area contributed by atoms with E-state index in [4.69, 9.17) is 6.57 Å². The van der Waals surface area contributed by atoms with E-state index in [1.807, 2.05) is 12.1 Å². The first kappa shape index (κ1) is 34.3. The van der Waals surface area contributed by atoms with Crippen LogP contribution in [0.25, 0.3) is 133 Å². The van der Waals surface area contributed by atoms with E-state index in [-0.39, 0.29) is 14.5 Å². The van der Waals surface area contributed by atoms with Gasteiger partial charge in [-0.15, -0.1) is 0 Å². The van der Waals surface area contributed by atoms with Crippen molar-refractivity contribution in [1.29, 1.82) is 0 Å². The Bertz CT molecular complexity index is 3990. The zero-order valence-electron chi connectivity index (χ0n) is 32.9. The van der Waals surface area contributed by atoms with Crippen LogP contribution in [0.3, 0.4) is 0 Å². The molecule has 0 saturated carbocycles. The molecule has 0 unspecified atom stereocenters. The zero-order chi connectivity index (χ0) is 40.2. The van der Waals surface area contributed by atoms with Crippen molar-refractivity contribution in [2.75, 3.05) is 0 Å². The molecule has 0 bridgehead atoms. The van der Waals surface area contributed by atoms with Crippen molar-refractivity contribution in [3.8, 4) is 33.4 Å². The summed E-state index contributed by atoms with van der Waals surface area (Å²) < 4.78 is 2.96. The van der Waals surface area contributed by atoms with Gasteiger partial charge in [0.25, 0.3) is 0 Å². The summed E-state index contributed by atoms with van der Waals surface area (Å²) >= 11 is 0.266. The van der Waals surface area contributed by atoms with Gasteiger partial charge in [0.05, 0.1) is 6.57 Å². The van der Waals surface area contributed by atoms with Gasteiger partial charge in [-0.3, -0.25) is 0 Å². The van der Waals surface area contributed by atoms with Gasteiger partial charge in [0.2, 0.25) is 0 Å². The Balaban J connectivity index is 0.951. The van der Waals surface area contributed by atoms with Crippen LogP contribution >= 0.6 is 0 Å². The van der Waals surface area contributed by atoms with Gasteiger partial charge in [0.1, 0.15) is 0 Å². The fourth-order valence-electron chi connectivity index (χ4n) is 10.2. The molecule has 0 aliphatic heterocycles. The molecule has 0 atom stereocenters. The third-order valence-corrected chi connectivity index (χ3v) is 15.3. The predicted molar refractivity (Wildman–Crippen MR) is 264 cm³/mol. The molecule has 1 nitrogen and oxygen atoms in total. The summed E-state index contributed by atoms with van der Waals surface area (Å²) in [6, 6.07) is 74.0. The Hall–Kier alpha value is -7.53. The molecule has 0 N–H and O–H groups in total. The van der Waals surface area contributed by atoms with Gasteiger partial charge in [0.15, 0.2) is 5.69 Å². The minimum Gasteiger partial charge on any atom is -0.0648 e. The van der Waals surface area contributed by atoms with Crippen LogP contribution < -0.4 is 0 Å². The molecule has 0 fully saturated rings. The Morgan fingerprint density at radius 3 is 1.44 bits per heavy atom. The van der Waals surface area contributed by atoms with Crippen LogP contribution in [0.1, 0.15) is 0 Å². The number of benzene rings is 12. The Morgan fingerprint density at radius 2 is 0.770 bits per heavy atom. The number of hydrogen-bond acceptors (Lipinski definition) is 0. The van der Waals surface area contributed by atoms with E-state index in [0.29, 0.717) is 5.69 Å². The van der Waals surface area contributed by atoms with E-state index >= 15 is 0 Å². The molecule has 1 heterocycles. The van der Waals surface area contributed by atoms with Gasteiger partial charge in [-0.1, -0.05) is 72.8 Å². The van der Waals surface area contributed by atoms with Crippen LogP contribution in [0, 0.1) is 6.57 Å². The fraction of sp³-hybridized carbons (Fsp3) is 0. The van der Waals surface area contributed by atoms with Gasteiger partial charge in [-0.25, -0.2) is 4.85 Å². The first-order valence-electron chi connectivity index (χ1n) is 20.8. The van der Waals surface area contributed by atoms with Crippen molar-refractivity contribution < 1.29 is 0 Å². The smallest absolute Gasteiger partial charge is 0.0648 e. The minimum absolute atomic E-state index is 0.266. The normalized spacial score (nSPS) is 11.9. The SMILES string of the molecule is [C-]#[N+]c1ccc(-c2c3ccccc3c(-c3ccc4cc(-c5ccc6c(c5)c5ccccc5c5cc7c(cc65)[se]c5ccc6ccccc6c57)ccc4c3)c3ccccc23)cc1. The monoisotopic (exact) mass is 835 g/mol. The summed E-state index contributed by atoms with van der Waals surface area (Å²) in [5.74, 6) is 0. The predicted octanol–water partition coefficient (Wildman–Crippen LogP) is 16.7. The molecular weight excluding hydrogens is 802 g/mol. The molecule has 1 aromatic heterocycles. The number of rotatable bonds is 3. The van der Waals surface area contributed by atoms with Gasteiger partial charge >= 0.3 is 226 Å². The van der Waals surface area contributed by atoms with Crippen molar-refractivity contribution in [2.45, 2.75) is 0 Å². The minimum atomic E-state index is 0.266. The zero-order valence-corrected chi connectivity index (χ0v) is 34.6. The molecule has 0 aliphatic rings. The number of fused-ring (bicyclic) bond motifs is 14. The Labute approximate surface area is 357 Å². The molecule has 0 aliphatic carbocycles. The molecule has 0 amide bonds. The van der Waals surface area contributed by atoms with E-state index < -0.39 is 0 Å². The number of nitrogens with zero attached hydrogens (tertiary/aromatic N) is 1. The van der Waals surface area contributed by atoms with Crippen LogP contribution in [0.15, 0.2) is 200 Å². The van der Waals surface area contributed by atoms with Crippen molar-refractivity contribution in [2.24, 2.45) is 0 Å². The van der Waals surface area contributed by atoms with Gasteiger partial charge in [-0.05, 0) is 43.8 Å². The van der Waals surface area contributed by atoms with E-state index in [2.05, 4.69) is 193 Å². The van der Waals surface area contributed by atoms with Crippen LogP contribution in [0.2, 0.25) is 0 Å². The third kappa shape index (κ3) is 5.19. The van der Waals surface area contributed by atoms with E-state index in [0.717, 1.165) is 5.56 Å². The summed E-state index contributed by atoms with van der Waals surface area (Å²) in [4.78, 5) is 3.64.